The molecular weight excluding hydrogens is 428 g/mol. The number of aromatic nitrogens is 2. The highest BCUT2D eigenvalue weighted by Crippen LogP contribution is 2.35. The maximum Gasteiger partial charge on any atom is 0.411 e. The zero-order valence-corrected chi connectivity index (χ0v) is 17.6. The van der Waals surface area contributed by atoms with E-state index in [0.717, 1.165) is 11.1 Å². The van der Waals surface area contributed by atoms with Gasteiger partial charge in [-0.1, -0.05) is 29.8 Å². The van der Waals surface area contributed by atoms with E-state index in [4.69, 9.17) is 11.6 Å². The van der Waals surface area contributed by atoms with Crippen LogP contribution in [0.25, 0.3) is 0 Å². The quantitative estimate of drug-likeness (QED) is 0.647. The lowest BCUT2D eigenvalue weighted by Crippen LogP contribution is -2.31. The molecule has 0 bridgehead atoms. The second kappa shape index (κ2) is 7.66. The highest BCUT2D eigenvalue weighted by Gasteiger charge is 2.30. The van der Waals surface area contributed by atoms with Gasteiger partial charge in [-0.25, -0.2) is 9.78 Å². The van der Waals surface area contributed by atoms with Crippen LogP contribution in [0.4, 0.5) is 16.2 Å². The molecule has 0 radical (unpaired) electrons. The third-order valence-electron chi connectivity index (χ3n) is 4.96. The van der Waals surface area contributed by atoms with Crippen molar-refractivity contribution in [2.75, 3.05) is 15.7 Å². The van der Waals surface area contributed by atoms with Crippen molar-refractivity contribution in [2.45, 2.75) is 18.0 Å². The molecule has 0 atom stereocenters. The highest BCUT2D eigenvalue weighted by atomic mass is 35.5. The van der Waals surface area contributed by atoms with Crippen LogP contribution in [0.1, 0.15) is 11.1 Å². The van der Waals surface area contributed by atoms with Gasteiger partial charge in [-0.15, -0.1) is 0 Å². The van der Waals surface area contributed by atoms with Gasteiger partial charge in [-0.2, -0.15) is 8.42 Å². The Labute approximate surface area is 179 Å². The van der Waals surface area contributed by atoms with Crippen LogP contribution in [0, 0.1) is 0 Å². The molecule has 0 aliphatic carbocycles. The molecule has 0 spiro atoms. The largest absolute Gasteiger partial charge is 0.465 e. The number of benzene rings is 2. The molecule has 2 aromatic carbocycles. The summed E-state index contributed by atoms with van der Waals surface area (Å²) in [6, 6.07) is 12.0. The summed E-state index contributed by atoms with van der Waals surface area (Å²) >= 11 is 5.96. The number of rotatable bonds is 5. The molecular formula is C20H19ClN4O4S. The Morgan fingerprint density at radius 1 is 1.23 bits per heavy atom. The fourth-order valence-corrected chi connectivity index (χ4v) is 4.97. The van der Waals surface area contributed by atoms with E-state index in [1.165, 1.54) is 21.7 Å². The van der Waals surface area contributed by atoms with Crippen molar-refractivity contribution >= 4 is 39.1 Å². The Hall–Kier alpha value is -3.04. The Bertz CT molecular complexity index is 1210. The number of halogens is 1. The normalized spacial score (nSPS) is 13.3. The van der Waals surface area contributed by atoms with E-state index in [0.29, 0.717) is 29.4 Å². The Morgan fingerprint density at radius 2 is 1.97 bits per heavy atom. The predicted molar refractivity (Wildman–Crippen MR) is 114 cm³/mol. The lowest BCUT2D eigenvalue weighted by atomic mass is 10.1. The number of nitrogens with zero attached hydrogens (tertiary/aromatic N) is 4. The zero-order valence-electron chi connectivity index (χ0n) is 16.1. The fraction of sp³-hybridized carbons (Fsp3) is 0.200. The van der Waals surface area contributed by atoms with Crippen molar-refractivity contribution in [1.82, 2.24) is 9.55 Å². The highest BCUT2D eigenvalue weighted by molar-refractivity contribution is 7.92. The number of carbonyl (C=O) groups is 1. The number of hydrogen-bond donors (Lipinski definition) is 1. The Balaban J connectivity index is 1.80. The van der Waals surface area contributed by atoms with Crippen LogP contribution < -0.4 is 9.21 Å². The molecule has 8 nitrogen and oxygen atoms in total. The number of fused-ring (bicyclic) bond motifs is 1. The van der Waals surface area contributed by atoms with E-state index in [9.17, 15) is 18.3 Å². The molecule has 156 valence electrons. The maximum absolute atomic E-state index is 13.4. The number of imidazole rings is 1. The SMILES string of the molecule is Cn1cnc(S(=O)(=O)N(Cc2ccc(Cl)cc2)c2ccc3c(c2)N(C(=O)O)CC3)c1. The van der Waals surface area contributed by atoms with Crippen LogP contribution in [0.5, 0.6) is 0 Å². The number of aryl methyl sites for hydroxylation is 1. The molecule has 4 rings (SSSR count). The molecule has 1 aliphatic rings. The first kappa shape index (κ1) is 20.2. The van der Waals surface area contributed by atoms with Gasteiger partial charge in [0.25, 0.3) is 10.0 Å². The van der Waals surface area contributed by atoms with Crippen LogP contribution >= 0.6 is 11.6 Å². The molecule has 3 aromatic rings. The Morgan fingerprint density at radius 3 is 2.60 bits per heavy atom. The molecule has 0 unspecified atom stereocenters. The molecule has 1 aliphatic heterocycles. The number of anilines is 2. The summed E-state index contributed by atoms with van der Waals surface area (Å²) < 4.78 is 29.6. The van der Waals surface area contributed by atoms with Gasteiger partial charge in [0.15, 0.2) is 5.03 Å². The third kappa shape index (κ3) is 3.73. The van der Waals surface area contributed by atoms with Crippen LogP contribution in [0.3, 0.4) is 0 Å². The lowest BCUT2D eigenvalue weighted by Gasteiger charge is -2.25. The van der Waals surface area contributed by atoms with Gasteiger partial charge in [-0.05, 0) is 41.8 Å². The summed E-state index contributed by atoms with van der Waals surface area (Å²) in [6.07, 6.45) is 2.37. The average molecular weight is 447 g/mol. The van der Waals surface area contributed by atoms with Gasteiger partial charge in [0.1, 0.15) is 0 Å². The number of hydrogen-bond acceptors (Lipinski definition) is 4. The van der Waals surface area contributed by atoms with Crippen molar-refractivity contribution in [1.29, 1.82) is 0 Å². The maximum atomic E-state index is 13.4. The summed E-state index contributed by atoms with van der Waals surface area (Å²) in [5.41, 5.74) is 2.46. The summed E-state index contributed by atoms with van der Waals surface area (Å²) in [4.78, 5) is 16.8. The van der Waals surface area contributed by atoms with E-state index in [-0.39, 0.29) is 11.6 Å². The number of carboxylic acid groups (broad SMARTS) is 1. The first-order valence-electron chi connectivity index (χ1n) is 9.14. The summed E-state index contributed by atoms with van der Waals surface area (Å²) in [7, 11) is -2.30. The van der Waals surface area contributed by atoms with Crippen LogP contribution in [-0.2, 0) is 30.0 Å². The van der Waals surface area contributed by atoms with Crippen molar-refractivity contribution in [2.24, 2.45) is 7.05 Å². The van der Waals surface area contributed by atoms with E-state index in [2.05, 4.69) is 4.98 Å². The molecule has 1 N–H and O–H groups in total. The first-order valence-corrected chi connectivity index (χ1v) is 11.0. The predicted octanol–water partition coefficient (Wildman–Crippen LogP) is 3.51. The molecule has 1 aromatic heterocycles. The molecule has 0 saturated carbocycles. The summed E-state index contributed by atoms with van der Waals surface area (Å²) in [5, 5.41) is 9.92. The Kier molecular flexibility index (Phi) is 5.17. The van der Waals surface area contributed by atoms with Crippen molar-refractivity contribution < 1.29 is 18.3 Å². The van der Waals surface area contributed by atoms with Gasteiger partial charge in [0.05, 0.1) is 24.2 Å². The van der Waals surface area contributed by atoms with Crippen LogP contribution in [0.15, 0.2) is 60.0 Å². The van der Waals surface area contributed by atoms with E-state index in [1.54, 1.807) is 54.1 Å². The topological polar surface area (TPSA) is 95.7 Å². The third-order valence-corrected chi connectivity index (χ3v) is 6.87. The van der Waals surface area contributed by atoms with Crippen LogP contribution in [0.2, 0.25) is 5.02 Å². The van der Waals surface area contributed by atoms with Crippen molar-refractivity contribution in [3.63, 3.8) is 0 Å². The van der Waals surface area contributed by atoms with Crippen molar-refractivity contribution in [3.05, 3.63) is 71.1 Å². The minimum atomic E-state index is -3.99. The molecule has 2 heterocycles. The number of amides is 1. The minimum Gasteiger partial charge on any atom is -0.465 e. The smallest absolute Gasteiger partial charge is 0.411 e. The van der Waals surface area contributed by atoms with Gasteiger partial charge < -0.3 is 9.67 Å². The fourth-order valence-electron chi connectivity index (χ4n) is 3.43. The minimum absolute atomic E-state index is 0.0436. The lowest BCUT2D eigenvalue weighted by molar-refractivity contribution is 0.202. The first-order chi connectivity index (χ1) is 14.3. The number of sulfonamides is 1. The van der Waals surface area contributed by atoms with Gasteiger partial charge in [0, 0.05) is 24.8 Å². The molecule has 30 heavy (non-hydrogen) atoms. The zero-order chi connectivity index (χ0) is 21.5. The molecule has 1 amide bonds. The van der Waals surface area contributed by atoms with Gasteiger partial charge in [-0.3, -0.25) is 9.21 Å². The molecule has 10 heteroatoms. The van der Waals surface area contributed by atoms with E-state index < -0.39 is 16.1 Å². The second-order valence-corrected chi connectivity index (χ2v) is 9.26. The van der Waals surface area contributed by atoms with Crippen molar-refractivity contribution in [3.8, 4) is 0 Å². The van der Waals surface area contributed by atoms with Gasteiger partial charge in [0.2, 0.25) is 0 Å². The monoisotopic (exact) mass is 446 g/mol. The van der Waals surface area contributed by atoms with Crippen LogP contribution in [-0.4, -0.2) is 35.7 Å². The summed E-state index contributed by atoms with van der Waals surface area (Å²) in [6.45, 7) is 0.389. The molecule has 0 fully saturated rings. The standard InChI is InChI=1S/C20H19ClN4O4S/c1-23-12-19(22-13-23)30(28,29)25(11-14-2-5-16(21)6-3-14)17-7-4-15-8-9-24(20(26)27)18(15)10-17/h2-7,10,12-13H,8-9,11H2,1H3,(H,26,27). The van der Waals surface area contributed by atoms with E-state index in [1.807, 2.05) is 0 Å². The summed E-state index contributed by atoms with van der Waals surface area (Å²) in [5.74, 6) is 0. The van der Waals surface area contributed by atoms with Gasteiger partial charge >= 0.3 is 6.09 Å². The average Bonchev–Trinajstić information content (AvgIpc) is 3.33. The second-order valence-electron chi connectivity index (χ2n) is 7.01. The molecule has 0 saturated heterocycles. The van der Waals surface area contributed by atoms with E-state index >= 15 is 0 Å².